The Morgan fingerprint density at radius 2 is 1.83 bits per heavy atom. The summed E-state index contributed by atoms with van der Waals surface area (Å²) in [6.07, 6.45) is 5.93. The van der Waals surface area contributed by atoms with Gasteiger partial charge in [0.25, 0.3) is 0 Å². The summed E-state index contributed by atoms with van der Waals surface area (Å²) in [5.74, 6) is -0.200. The van der Waals surface area contributed by atoms with Crippen LogP contribution in [0.1, 0.15) is 25.7 Å². The van der Waals surface area contributed by atoms with E-state index in [1.807, 2.05) is 30.3 Å². The molecule has 2 amide bonds. The summed E-state index contributed by atoms with van der Waals surface area (Å²) in [6, 6.07) is 9.30. The Bertz CT molecular complexity index is 666. The minimum atomic E-state index is -0.185. The number of methoxy groups -OCH3 is 1. The predicted molar refractivity (Wildman–Crippen MR) is 86.8 cm³/mol. The van der Waals surface area contributed by atoms with E-state index in [9.17, 15) is 9.59 Å². The number of anilines is 1. The lowest BCUT2D eigenvalue weighted by atomic mass is 9.67. The van der Waals surface area contributed by atoms with Crippen LogP contribution in [0.5, 0.6) is 0 Å². The SMILES string of the molecule is CO[C@@H]1CC[C@H]2C(=CC[C@H]3C(=O)N(c4ccccc4)C(=O)[C@H]32)C1. The van der Waals surface area contributed by atoms with Crippen LogP contribution in [0.3, 0.4) is 0 Å². The Kier molecular flexibility index (Phi) is 3.57. The Morgan fingerprint density at radius 3 is 2.57 bits per heavy atom. The van der Waals surface area contributed by atoms with Gasteiger partial charge in [0.1, 0.15) is 0 Å². The topological polar surface area (TPSA) is 46.6 Å². The number of hydrogen-bond donors (Lipinski definition) is 0. The molecular weight excluding hydrogens is 290 g/mol. The molecule has 23 heavy (non-hydrogen) atoms. The van der Waals surface area contributed by atoms with Crippen molar-refractivity contribution in [1.82, 2.24) is 0 Å². The Hall–Kier alpha value is -1.94. The van der Waals surface area contributed by atoms with Crippen molar-refractivity contribution in [1.29, 1.82) is 0 Å². The fraction of sp³-hybridized carbons (Fsp3) is 0.474. The highest BCUT2D eigenvalue weighted by molar-refractivity contribution is 6.22. The van der Waals surface area contributed by atoms with Crippen molar-refractivity contribution >= 4 is 17.5 Å². The Balaban J connectivity index is 1.65. The van der Waals surface area contributed by atoms with E-state index in [0.717, 1.165) is 19.3 Å². The van der Waals surface area contributed by atoms with Gasteiger partial charge in [0, 0.05) is 7.11 Å². The van der Waals surface area contributed by atoms with Crippen LogP contribution in [-0.4, -0.2) is 25.0 Å². The number of para-hydroxylation sites is 1. The monoisotopic (exact) mass is 311 g/mol. The number of imide groups is 1. The lowest BCUT2D eigenvalue weighted by molar-refractivity contribution is -0.123. The number of ether oxygens (including phenoxy) is 1. The second-order valence-electron chi connectivity index (χ2n) is 6.74. The maximum Gasteiger partial charge on any atom is 0.238 e. The van der Waals surface area contributed by atoms with Crippen LogP contribution < -0.4 is 4.90 Å². The predicted octanol–water partition coefficient (Wildman–Crippen LogP) is 2.94. The van der Waals surface area contributed by atoms with Crippen molar-refractivity contribution in [3.05, 3.63) is 42.0 Å². The van der Waals surface area contributed by atoms with Crippen molar-refractivity contribution in [3.63, 3.8) is 0 Å². The smallest absolute Gasteiger partial charge is 0.238 e. The molecule has 1 saturated heterocycles. The first-order valence-electron chi connectivity index (χ1n) is 8.35. The van der Waals surface area contributed by atoms with E-state index < -0.39 is 0 Å². The molecule has 1 aromatic rings. The van der Waals surface area contributed by atoms with E-state index in [0.29, 0.717) is 12.1 Å². The zero-order valence-corrected chi connectivity index (χ0v) is 13.3. The van der Waals surface area contributed by atoms with E-state index in [1.165, 1.54) is 10.5 Å². The fourth-order valence-corrected chi connectivity index (χ4v) is 4.47. The molecule has 1 aliphatic heterocycles. The minimum absolute atomic E-state index is 0.0160. The van der Waals surface area contributed by atoms with Crippen LogP contribution in [0.25, 0.3) is 0 Å². The molecule has 0 bridgehead atoms. The van der Waals surface area contributed by atoms with Gasteiger partial charge in [-0.1, -0.05) is 29.8 Å². The zero-order valence-electron chi connectivity index (χ0n) is 13.3. The number of nitrogens with zero attached hydrogens (tertiary/aromatic N) is 1. The average Bonchev–Trinajstić information content (AvgIpc) is 2.86. The summed E-state index contributed by atoms with van der Waals surface area (Å²) in [4.78, 5) is 27.2. The van der Waals surface area contributed by atoms with Crippen LogP contribution in [-0.2, 0) is 14.3 Å². The largest absolute Gasteiger partial charge is 0.381 e. The molecule has 4 atom stereocenters. The molecule has 120 valence electrons. The Morgan fingerprint density at radius 1 is 1.04 bits per heavy atom. The fourth-order valence-electron chi connectivity index (χ4n) is 4.47. The molecule has 0 aromatic heterocycles. The Labute approximate surface area is 136 Å². The molecule has 4 nitrogen and oxygen atoms in total. The molecule has 2 aliphatic carbocycles. The molecule has 3 aliphatic rings. The molecule has 2 fully saturated rings. The van der Waals surface area contributed by atoms with Crippen LogP contribution in [0.2, 0.25) is 0 Å². The van der Waals surface area contributed by atoms with Gasteiger partial charge in [-0.2, -0.15) is 0 Å². The summed E-state index contributed by atoms with van der Waals surface area (Å²) >= 11 is 0. The number of allylic oxidation sites excluding steroid dienone is 1. The van der Waals surface area contributed by atoms with Crippen LogP contribution in [0.4, 0.5) is 5.69 Å². The third-order valence-corrected chi connectivity index (χ3v) is 5.63. The van der Waals surface area contributed by atoms with E-state index in [4.69, 9.17) is 4.74 Å². The number of rotatable bonds is 2. The number of carbonyl (C=O) groups is 2. The van der Waals surface area contributed by atoms with Crippen molar-refractivity contribution in [2.24, 2.45) is 17.8 Å². The maximum absolute atomic E-state index is 13.0. The third-order valence-electron chi connectivity index (χ3n) is 5.63. The molecule has 4 heteroatoms. The minimum Gasteiger partial charge on any atom is -0.381 e. The van der Waals surface area contributed by atoms with Crippen molar-refractivity contribution in [2.45, 2.75) is 31.8 Å². The highest BCUT2D eigenvalue weighted by Crippen LogP contribution is 2.48. The molecular formula is C19H21NO3. The molecule has 1 saturated carbocycles. The van der Waals surface area contributed by atoms with Crippen LogP contribution in [0, 0.1) is 17.8 Å². The third kappa shape index (κ3) is 2.24. The molecule has 0 spiro atoms. The number of amides is 2. The standard InChI is InChI=1S/C19H21NO3/c1-23-14-8-10-15-12(11-14)7-9-16-17(15)19(22)20(18(16)21)13-5-3-2-4-6-13/h2-7,14-17H,8-11H2,1H3/t14-,15+,16-,17+/m1/s1. The molecule has 0 N–H and O–H groups in total. The van der Waals surface area contributed by atoms with Gasteiger partial charge < -0.3 is 4.74 Å². The second-order valence-corrected chi connectivity index (χ2v) is 6.74. The average molecular weight is 311 g/mol. The number of hydrogen-bond acceptors (Lipinski definition) is 3. The lowest BCUT2D eigenvalue weighted by Gasteiger charge is -2.37. The van der Waals surface area contributed by atoms with Gasteiger partial charge in [0.2, 0.25) is 11.8 Å². The van der Waals surface area contributed by atoms with Gasteiger partial charge >= 0.3 is 0 Å². The van der Waals surface area contributed by atoms with E-state index in [2.05, 4.69) is 6.08 Å². The lowest BCUT2D eigenvalue weighted by Crippen LogP contribution is -2.36. The highest BCUT2D eigenvalue weighted by Gasteiger charge is 2.53. The van der Waals surface area contributed by atoms with Crippen molar-refractivity contribution in [2.75, 3.05) is 12.0 Å². The summed E-state index contributed by atoms with van der Waals surface area (Å²) in [5.41, 5.74) is 2.02. The molecule has 1 aromatic carbocycles. The van der Waals surface area contributed by atoms with Gasteiger partial charge in [-0.25, -0.2) is 0 Å². The van der Waals surface area contributed by atoms with E-state index >= 15 is 0 Å². The summed E-state index contributed by atoms with van der Waals surface area (Å²) < 4.78 is 5.49. The van der Waals surface area contributed by atoms with E-state index in [-0.39, 0.29) is 35.7 Å². The maximum atomic E-state index is 13.0. The van der Waals surface area contributed by atoms with Crippen molar-refractivity contribution < 1.29 is 14.3 Å². The van der Waals surface area contributed by atoms with Gasteiger partial charge in [0.15, 0.2) is 0 Å². The second kappa shape index (κ2) is 5.60. The van der Waals surface area contributed by atoms with E-state index in [1.54, 1.807) is 7.11 Å². The van der Waals surface area contributed by atoms with Crippen LogP contribution >= 0.6 is 0 Å². The summed E-state index contributed by atoms with van der Waals surface area (Å²) in [6.45, 7) is 0. The first-order valence-corrected chi connectivity index (χ1v) is 8.35. The van der Waals surface area contributed by atoms with Gasteiger partial charge in [0.05, 0.1) is 23.6 Å². The summed E-state index contributed by atoms with van der Waals surface area (Å²) in [5, 5.41) is 0. The number of benzene rings is 1. The zero-order chi connectivity index (χ0) is 16.0. The van der Waals surface area contributed by atoms with Gasteiger partial charge in [-0.05, 0) is 43.7 Å². The van der Waals surface area contributed by atoms with Gasteiger partial charge in [-0.15, -0.1) is 0 Å². The quantitative estimate of drug-likeness (QED) is 0.623. The molecule has 0 unspecified atom stereocenters. The first kappa shape index (κ1) is 14.6. The molecule has 1 heterocycles. The van der Waals surface area contributed by atoms with Crippen LogP contribution in [0.15, 0.2) is 42.0 Å². The highest BCUT2D eigenvalue weighted by atomic mass is 16.5. The first-order chi connectivity index (χ1) is 11.2. The number of fused-ring (bicyclic) bond motifs is 3. The summed E-state index contributed by atoms with van der Waals surface area (Å²) in [7, 11) is 1.75. The normalized spacial score (nSPS) is 33.3. The molecule has 4 rings (SSSR count). The van der Waals surface area contributed by atoms with Crippen molar-refractivity contribution in [3.8, 4) is 0 Å². The number of carbonyl (C=O) groups excluding carboxylic acids is 2. The molecule has 0 radical (unpaired) electrons. The van der Waals surface area contributed by atoms with Gasteiger partial charge in [-0.3, -0.25) is 14.5 Å².